The third-order valence-corrected chi connectivity index (χ3v) is 7.01. The maximum atomic E-state index is 13.1. The number of amides is 3. The van der Waals surface area contributed by atoms with Crippen LogP contribution in [0.4, 0.5) is 4.79 Å². The molecule has 0 spiro atoms. The van der Waals surface area contributed by atoms with Crippen LogP contribution in [0.15, 0.2) is 52.2 Å². The molecular formula is C23H22N4O3S2. The van der Waals surface area contributed by atoms with Crippen molar-refractivity contribution in [3.05, 3.63) is 73.8 Å². The number of aromatic nitrogens is 2. The number of nitrogens with zero attached hydrogens (tertiary/aromatic N) is 2. The van der Waals surface area contributed by atoms with Gasteiger partial charge in [-0.1, -0.05) is 24.3 Å². The number of imide groups is 1. The van der Waals surface area contributed by atoms with E-state index in [4.69, 9.17) is 0 Å². The molecule has 0 aliphatic heterocycles. The number of urea groups is 1. The highest BCUT2D eigenvalue weighted by molar-refractivity contribution is 7.17. The molecule has 1 aromatic carbocycles. The largest absolute Gasteiger partial charge is 0.337 e. The summed E-state index contributed by atoms with van der Waals surface area (Å²) in [6.45, 7) is 4.19. The lowest BCUT2D eigenvalue weighted by Crippen LogP contribution is -2.42. The maximum absolute atomic E-state index is 13.1. The lowest BCUT2D eigenvalue weighted by molar-refractivity contribution is -0.120. The Hall–Kier alpha value is -3.30. The average molecular weight is 467 g/mol. The second-order valence-electron chi connectivity index (χ2n) is 7.44. The minimum absolute atomic E-state index is 0.289. The summed E-state index contributed by atoms with van der Waals surface area (Å²) in [6, 6.07) is 9.40. The number of nitrogens with one attached hydrogen (secondary N) is 2. The van der Waals surface area contributed by atoms with Crippen LogP contribution in [0.25, 0.3) is 21.3 Å². The molecule has 0 radical (unpaired) electrons. The van der Waals surface area contributed by atoms with Gasteiger partial charge in [0.2, 0.25) is 5.91 Å². The van der Waals surface area contributed by atoms with E-state index in [9.17, 15) is 14.4 Å². The van der Waals surface area contributed by atoms with Gasteiger partial charge in [0.25, 0.3) is 5.56 Å². The first-order valence-corrected chi connectivity index (χ1v) is 11.8. The predicted molar refractivity (Wildman–Crippen MR) is 128 cm³/mol. The summed E-state index contributed by atoms with van der Waals surface area (Å²) >= 11 is 3.00. The van der Waals surface area contributed by atoms with Crippen molar-refractivity contribution in [2.75, 3.05) is 6.54 Å². The van der Waals surface area contributed by atoms with Crippen molar-refractivity contribution in [1.82, 2.24) is 20.2 Å². The van der Waals surface area contributed by atoms with E-state index < -0.39 is 11.9 Å². The van der Waals surface area contributed by atoms with Crippen LogP contribution in [0, 0.1) is 13.8 Å². The molecule has 0 unspecified atom stereocenters. The molecule has 7 nitrogen and oxygen atoms in total. The van der Waals surface area contributed by atoms with E-state index in [0.29, 0.717) is 23.2 Å². The Morgan fingerprint density at radius 1 is 1.12 bits per heavy atom. The lowest BCUT2D eigenvalue weighted by Gasteiger charge is -2.08. The highest BCUT2D eigenvalue weighted by atomic mass is 32.1. The highest BCUT2D eigenvalue weighted by Gasteiger charge is 2.16. The van der Waals surface area contributed by atoms with Gasteiger partial charge in [0, 0.05) is 22.4 Å². The molecule has 32 heavy (non-hydrogen) atoms. The minimum atomic E-state index is -0.583. The van der Waals surface area contributed by atoms with E-state index in [1.807, 2.05) is 54.9 Å². The Balaban J connectivity index is 1.46. The number of thiophene rings is 2. The highest BCUT2D eigenvalue weighted by Crippen LogP contribution is 2.31. The van der Waals surface area contributed by atoms with Gasteiger partial charge in [-0.3, -0.25) is 19.5 Å². The first-order valence-electron chi connectivity index (χ1n) is 10.1. The van der Waals surface area contributed by atoms with E-state index in [2.05, 4.69) is 15.6 Å². The van der Waals surface area contributed by atoms with Crippen molar-refractivity contribution in [2.45, 2.75) is 26.8 Å². The van der Waals surface area contributed by atoms with Crippen molar-refractivity contribution in [1.29, 1.82) is 0 Å². The fourth-order valence-corrected chi connectivity index (χ4v) is 4.94. The molecule has 3 aromatic heterocycles. The number of aryl methyl sites for hydroxylation is 2. The predicted octanol–water partition coefficient (Wildman–Crippen LogP) is 3.87. The van der Waals surface area contributed by atoms with E-state index in [1.165, 1.54) is 27.8 Å². The van der Waals surface area contributed by atoms with Crippen LogP contribution in [0.5, 0.6) is 0 Å². The first-order chi connectivity index (χ1) is 15.4. The fraction of sp³-hybridized carbons (Fsp3) is 0.217. The minimum Gasteiger partial charge on any atom is -0.337 e. The number of rotatable bonds is 6. The number of carbonyl (C=O) groups is 2. The summed E-state index contributed by atoms with van der Waals surface area (Å²) in [5.74, 6) is -0.579. The van der Waals surface area contributed by atoms with Gasteiger partial charge < -0.3 is 5.32 Å². The van der Waals surface area contributed by atoms with Crippen LogP contribution in [-0.4, -0.2) is 28.0 Å². The standard InChI is InChI=1S/C23H22N4O3S2/c1-14-5-6-16(10-15(14)2)18-12-32-21-20(18)22(29)27(13-25-21)11-19(28)26-23(30)24-8-7-17-4-3-9-31-17/h3-6,9-10,12-13H,7-8,11H2,1-2H3,(H2,24,26,28,30). The normalized spacial score (nSPS) is 10.9. The van der Waals surface area contributed by atoms with Crippen LogP contribution in [0.1, 0.15) is 16.0 Å². The zero-order valence-corrected chi connectivity index (χ0v) is 19.3. The molecule has 0 saturated carbocycles. The molecule has 164 valence electrons. The number of hydrogen-bond acceptors (Lipinski definition) is 6. The molecule has 0 bridgehead atoms. The Labute approximate surface area is 192 Å². The van der Waals surface area contributed by atoms with E-state index in [-0.39, 0.29) is 12.1 Å². The molecule has 2 N–H and O–H groups in total. The fourth-order valence-electron chi connectivity index (χ4n) is 3.32. The maximum Gasteiger partial charge on any atom is 0.321 e. The van der Waals surface area contributed by atoms with Crippen LogP contribution in [-0.2, 0) is 17.8 Å². The molecule has 3 heterocycles. The summed E-state index contributed by atoms with van der Waals surface area (Å²) in [4.78, 5) is 43.5. The van der Waals surface area contributed by atoms with Gasteiger partial charge >= 0.3 is 6.03 Å². The van der Waals surface area contributed by atoms with E-state index in [0.717, 1.165) is 21.6 Å². The summed E-state index contributed by atoms with van der Waals surface area (Å²) in [5.41, 5.74) is 3.74. The number of fused-ring (bicyclic) bond motifs is 1. The summed E-state index contributed by atoms with van der Waals surface area (Å²) in [5, 5.41) is 9.28. The summed E-state index contributed by atoms with van der Waals surface area (Å²) in [7, 11) is 0. The van der Waals surface area contributed by atoms with Gasteiger partial charge in [0.15, 0.2) is 0 Å². The zero-order chi connectivity index (χ0) is 22.7. The Morgan fingerprint density at radius 3 is 2.72 bits per heavy atom. The average Bonchev–Trinajstić information content (AvgIpc) is 3.42. The number of benzene rings is 1. The molecular weight excluding hydrogens is 444 g/mol. The van der Waals surface area contributed by atoms with E-state index in [1.54, 1.807) is 11.3 Å². The van der Waals surface area contributed by atoms with Crippen molar-refractivity contribution in [3.8, 4) is 11.1 Å². The molecule has 0 atom stereocenters. The van der Waals surface area contributed by atoms with Crippen LogP contribution in [0.3, 0.4) is 0 Å². The summed E-state index contributed by atoms with van der Waals surface area (Å²) < 4.78 is 1.23. The monoisotopic (exact) mass is 466 g/mol. The molecule has 0 aliphatic rings. The van der Waals surface area contributed by atoms with Gasteiger partial charge in [-0.25, -0.2) is 9.78 Å². The first kappa shape index (κ1) is 21.9. The molecule has 0 saturated heterocycles. The lowest BCUT2D eigenvalue weighted by atomic mass is 10.0. The number of hydrogen-bond donors (Lipinski definition) is 2. The van der Waals surface area contributed by atoms with Crippen molar-refractivity contribution in [3.63, 3.8) is 0 Å². The Morgan fingerprint density at radius 2 is 1.97 bits per heavy atom. The molecule has 0 aliphatic carbocycles. The Bertz CT molecular complexity index is 1340. The summed E-state index contributed by atoms with van der Waals surface area (Å²) in [6.07, 6.45) is 2.04. The second kappa shape index (κ2) is 9.46. The molecule has 9 heteroatoms. The van der Waals surface area contributed by atoms with Crippen molar-refractivity contribution >= 4 is 44.8 Å². The van der Waals surface area contributed by atoms with Gasteiger partial charge in [-0.15, -0.1) is 22.7 Å². The van der Waals surface area contributed by atoms with Crippen LogP contribution < -0.4 is 16.2 Å². The number of carbonyl (C=O) groups excluding carboxylic acids is 2. The third kappa shape index (κ3) is 4.79. The van der Waals surface area contributed by atoms with Gasteiger partial charge in [0.1, 0.15) is 11.4 Å². The van der Waals surface area contributed by atoms with Crippen LogP contribution >= 0.6 is 22.7 Å². The molecule has 4 rings (SSSR count). The van der Waals surface area contributed by atoms with Gasteiger partial charge in [0.05, 0.1) is 11.7 Å². The van der Waals surface area contributed by atoms with Crippen molar-refractivity contribution < 1.29 is 9.59 Å². The van der Waals surface area contributed by atoms with Crippen molar-refractivity contribution in [2.24, 2.45) is 0 Å². The van der Waals surface area contributed by atoms with E-state index >= 15 is 0 Å². The molecule has 0 fully saturated rings. The van der Waals surface area contributed by atoms with Gasteiger partial charge in [-0.05, 0) is 48.4 Å². The SMILES string of the molecule is Cc1ccc(-c2csc3ncn(CC(=O)NC(=O)NCCc4cccs4)c(=O)c23)cc1C. The smallest absolute Gasteiger partial charge is 0.321 e. The zero-order valence-electron chi connectivity index (χ0n) is 17.7. The quantitative estimate of drug-likeness (QED) is 0.451. The molecule has 4 aromatic rings. The Kier molecular flexibility index (Phi) is 6.48. The third-order valence-electron chi connectivity index (χ3n) is 5.18. The topological polar surface area (TPSA) is 93.1 Å². The second-order valence-corrected chi connectivity index (χ2v) is 9.33. The van der Waals surface area contributed by atoms with Gasteiger partial charge in [-0.2, -0.15) is 0 Å². The molecule has 3 amide bonds. The van der Waals surface area contributed by atoms with Crippen LogP contribution in [0.2, 0.25) is 0 Å².